The van der Waals surface area contributed by atoms with Crippen molar-refractivity contribution in [2.24, 2.45) is 0 Å². The fourth-order valence-corrected chi connectivity index (χ4v) is 1.97. The van der Waals surface area contributed by atoms with Gasteiger partial charge in [-0.25, -0.2) is 4.98 Å². The molecule has 0 spiro atoms. The Bertz CT molecular complexity index is 732. The lowest BCUT2D eigenvalue weighted by Gasteiger charge is -2.10. The average Bonchev–Trinajstić information content (AvgIpc) is 2.47. The average molecular weight is 311 g/mol. The zero-order valence-corrected chi connectivity index (χ0v) is 11.6. The Balaban J connectivity index is 2.58. The van der Waals surface area contributed by atoms with Crippen LogP contribution in [0, 0.1) is 0 Å². The summed E-state index contributed by atoms with van der Waals surface area (Å²) in [6, 6.07) is 4.64. The highest BCUT2D eigenvalue weighted by atomic mass is 35.5. The standard InChI is InChI=1S/C13H11ClN2O5/c1-21-6-2-3-7-8(4-6)10(16-12(14)11(7)19)13(20)15-5-9(17)18/h2-4,19H,5H2,1H3,(H,15,20)(H,17,18). The van der Waals surface area contributed by atoms with Crippen LogP contribution in [-0.2, 0) is 4.79 Å². The quantitative estimate of drug-likeness (QED) is 0.737. The number of carboxylic acids is 1. The van der Waals surface area contributed by atoms with E-state index in [4.69, 9.17) is 21.4 Å². The third-order valence-electron chi connectivity index (χ3n) is 2.76. The summed E-state index contributed by atoms with van der Waals surface area (Å²) in [7, 11) is 1.45. The number of aliphatic carboxylic acids is 1. The summed E-state index contributed by atoms with van der Waals surface area (Å²) in [6.45, 7) is -0.551. The van der Waals surface area contributed by atoms with Crippen molar-refractivity contribution in [3.8, 4) is 11.5 Å². The summed E-state index contributed by atoms with van der Waals surface area (Å²) in [4.78, 5) is 26.3. The first-order valence-corrected chi connectivity index (χ1v) is 6.18. The smallest absolute Gasteiger partial charge is 0.322 e. The van der Waals surface area contributed by atoms with E-state index in [2.05, 4.69) is 10.3 Å². The van der Waals surface area contributed by atoms with Gasteiger partial charge in [0.05, 0.1) is 7.11 Å². The predicted octanol–water partition coefficient (Wildman–Crippen LogP) is 1.42. The van der Waals surface area contributed by atoms with Crippen LogP contribution < -0.4 is 10.1 Å². The van der Waals surface area contributed by atoms with Crippen molar-refractivity contribution in [2.75, 3.05) is 13.7 Å². The maximum atomic E-state index is 12.0. The normalized spacial score (nSPS) is 10.4. The van der Waals surface area contributed by atoms with Gasteiger partial charge in [-0.2, -0.15) is 0 Å². The molecule has 1 aromatic carbocycles. The maximum Gasteiger partial charge on any atom is 0.322 e. The molecule has 0 atom stereocenters. The van der Waals surface area contributed by atoms with Crippen molar-refractivity contribution >= 4 is 34.2 Å². The number of aromatic hydroxyl groups is 1. The molecule has 0 aliphatic rings. The molecule has 0 bridgehead atoms. The van der Waals surface area contributed by atoms with Gasteiger partial charge in [0.25, 0.3) is 5.91 Å². The zero-order valence-electron chi connectivity index (χ0n) is 10.9. The number of ether oxygens (including phenoxy) is 1. The molecule has 0 aliphatic heterocycles. The van der Waals surface area contributed by atoms with Gasteiger partial charge in [-0.3, -0.25) is 9.59 Å². The number of hydrogen-bond acceptors (Lipinski definition) is 5. The second-order valence-electron chi connectivity index (χ2n) is 4.09. The Morgan fingerprint density at radius 2 is 2.10 bits per heavy atom. The van der Waals surface area contributed by atoms with Crippen LogP contribution in [0.2, 0.25) is 5.15 Å². The third-order valence-corrected chi connectivity index (χ3v) is 3.02. The number of fused-ring (bicyclic) bond motifs is 1. The van der Waals surface area contributed by atoms with E-state index in [0.29, 0.717) is 16.5 Å². The van der Waals surface area contributed by atoms with E-state index in [-0.39, 0.29) is 16.6 Å². The van der Waals surface area contributed by atoms with Crippen LogP contribution in [0.25, 0.3) is 10.8 Å². The molecule has 1 amide bonds. The minimum Gasteiger partial charge on any atom is -0.504 e. The van der Waals surface area contributed by atoms with Gasteiger partial charge in [0, 0.05) is 10.8 Å². The molecule has 1 heterocycles. The highest BCUT2D eigenvalue weighted by molar-refractivity contribution is 6.32. The van der Waals surface area contributed by atoms with E-state index >= 15 is 0 Å². The number of aromatic nitrogens is 1. The maximum absolute atomic E-state index is 12.0. The summed E-state index contributed by atoms with van der Waals surface area (Å²) in [5, 5.41) is 21.0. The molecule has 1 aromatic heterocycles. The molecule has 0 radical (unpaired) electrons. The summed E-state index contributed by atoms with van der Waals surface area (Å²) in [5.74, 6) is -1.70. The Hall–Kier alpha value is -2.54. The lowest BCUT2D eigenvalue weighted by molar-refractivity contribution is -0.135. The second kappa shape index (κ2) is 5.84. The van der Waals surface area contributed by atoms with Gasteiger partial charge >= 0.3 is 5.97 Å². The molecule has 2 rings (SSSR count). The first-order valence-electron chi connectivity index (χ1n) is 5.80. The number of amides is 1. The molecule has 3 N–H and O–H groups in total. The van der Waals surface area contributed by atoms with Crippen molar-refractivity contribution in [3.63, 3.8) is 0 Å². The topological polar surface area (TPSA) is 109 Å². The van der Waals surface area contributed by atoms with E-state index < -0.39 is 18.4 Å². The monoisotopic (exact) mass is 310 g/mol. The molecule has 0 fully saturated rings. The van der Waals surface area contributed by atoms with Crippen LogP contribution in [0.1, 0.15) is 10.5 Å². The zero-order chi connectivity index (χ0) is 15.6. The van der Waals surface area contributed by atoms with Crippen LogP contribution in [0.3, 0.4) is 0 Å². The molecule has 0 saturated heterocycles. The van der Waals surface area contributed by atoms with Crippen LogP contribution in [0.4, 0.5) is 0 Å². The Kier molecular flexibility index (Phi) is 4.13. The Morgan fingerprint density at radius 1 is 1.38 bits per heavy atom. The number of nitrogens with one attached hydrogen (secondary N) is 1. The van der Waals surface area contributed by atoms with Crippen LogP contribution in [-0.4, -0.2) is 40.7 Å². The predicted molar refractivity (Wildman–Crippen MR) is 74.9 cm³/mol. The fraction of sp³-hybridized carbons (Fsp3) is 0.154. The van der Waals surface area contributed by atoms with Gasteiger partial charge in [0.15, 0.2) is 10.9 Å². The van der Waals surface area contributed by atoms with E-state index in [9.17, 15) is 14.7 Å². The molecular weight excluding hydrogens is 300 g/mol. The number of carbonyl (C=O) groups excluding carboxylic acids is 1. The molecular formula is C13H11ClN2O5. The van der Waals surface area contributed by atoms with E-state index in [1.807, 2.05) is 0 Å². The van der Waals surface area contributed by atoms with Crippen molar-refractivity contribution in [1.29, 1.82) is 0 Å². The number of carboxylic acid groups (broad SMARTS) is 1. The summed E-state index contributed by atoms with van der Waals surface area (Å²) in [5.41, 5.74) is -0.0899. The molecule has 0 unspecified atom stereocenters. The van der Waals surface area contributed by atoms with Crippen molar-refractivity contribution in [1.82, 2.24) is 10.3 Å². The van der Waals surface area contributed by atoms with Gasteiger partial charge in [-0.15, -0.1) is 0 Å². The lowest BCUT2D eigenvalue weighted by atomic mass is 10.1. The van der Waals surface area contributed by atoms with Gasteiger partial charge in [-0.05, 0) is 18.2 Å². The Labute approximate surface area is 124 Å². The van der Waals surface area contributed by atoms with Crippen LogP contribution in [0.5, 0.6) is 11.5 Å². The van der Waals surface area contributed by atoms with E-state index in [1.165, 1.54) is 19.2 Å². The number of rotatable bonds is 4. The van der Waals surface area contributed by atoms with Gasteiger partial charge < -0.3 is 20.3 Å². The SMILES string of the molecule is COc1ccc2c(O)c(Cl)nc(C(=O)NCC(=O)O)c2c1. The summed E-state index contributed by atoms with van der Waals surface area (Å²) < 4.78 is 5.06. The number of hydrogen-bond donors (Lipinski definition) is 3. The molecule has 21 heavy (non-hydrogen) atoms. The van der Waals surface area contributed by atoms with Crippen molar-refractivity contribution in [3.05, 3.63) is 29.0 Å². The number of benzene rings is 1. The molecule has 7 nitrogen and oxygen atoms in total. The molecule has 110 valence electrons. The minimum atomic E-state index is -1.19. The highest BCUT2D eigenvalue weighted by Gasteiger charge is 2.18. The molecule has 8 heteroatoms. The molecule has 0 aliphatic carbocycles. The number of halogens is 1. The number of methoxy groups -OCH3 is 1. The number of nitrogens with zero attached hydrogens (tertiary/aromatic N) is 1. The van der Waals surface area contributed by atoms with Crippen molar-refractivity contribution in [2.45, 2.75) is 0 Å². The number of pyridine rings is 1. The second-order valence-corrected chi connectivity index (χ2v) is 4.45. The minimum absolute atomic E-state index is 0.0899. The highest BCUT2D eigenvalue weighted by Crippen LogP contribution is 2.34. The largest absolute Gasteiger partial charge is 0.504 e. The Morgan fingerprint density at radius 3 is 2.71 bits per heavy atom. The third kappa shape index (κ3) is 2.97. The van der Waals surface area contributed by atoms with Gasteiger partial charge in [0.1, 0.15) is 18.0 Å². The molecule has 0 saturated carbocycles. The van der Waals surface area contributed by atoms with E-state index in [0.717, 1.165) is 0 Å². The van der Waals surface area contributed by atoms with Gasteiger partial charge in [0.2, 0.25) is 0 Å². The fourth-order valence-electron chi connectivity index (χ4n) is 1.79. The molecule has 2 aromatic rings. The van der Waals surface area contributed by atoms with Gasteiger partial charge in [-0.1, -0.05) is 11.6 Å². The summed E-state index contributed by atoms with van der Waals surface area (Å²) in [6.07, 6.45) is 0. The van der Waals surface area contributed by atoms with Crippen LogP contribution >= 0.6 is 11.6 Å². The van der Waals surface area contributed by atoms with Crippen LogP contribution in [0.15, 0.2) is 18.2 Å². The first-order chi connectivity index (χ1) is 9.93. The first kappa shape index (κ1) is 14.9. The van der Waals surface area contributed by atoms with E-state index in [1.54, 1.807) is 6.07 Å². The van der Waals surface area contributed by atoms with Crippen molar-refractivity contribution < 1.29 is 24.5 Å². The number of carbonyl (C=O) groups is 2. The summed E-state index contributed by atoms with van der Waals surface area (Å²) >= 11 is 5.78. The lowest BCUT2D eigenvalue weighted by Crippen LogP contribution is -2.30.